The van der Waals surface area contributed by atoms with Crippen LogP contribution in [0.25, 0.3) is 0 Å². The topological polar surface area (TPSA) is 106 Å². The molecule has 0 aromatic carbocycles. The monoisotopic (exact) mass is 309 g/mol. The normalized spacial score (nSPS) is 19.0. The number of carbonyl (C=O) groups excluding carboxylic acids is 1. The summed E-state index contributed by atoms with van der Waals surface area (Å²) in [6.07, 6.45) is 5.34. The lowest BCUT2D eigenvalue weighted by Crippen LogP contribution is -2.39. The summed E-state index contributed by atoms with van der Waals surface area (Å²) in [6, 6.07) is -0.640. The number of hydrogen-bond acceptors (Lipinski definition) is 6. The zero-order valence-electron chi connectivity index (χ0n) is 13.2. The van der Waals surface area contributed by atoms with Gasteiger partial charge >= 0.3 is 0 Å². The Balaban J connectivity index is 2.05. The number of nitrogens with zero attached hydrogens (tertiary/aromatic N) is 3. The molecule has 7 nitrogen and oxygen atoms in total. The first-order chi connectivity index (χ1) is 10.6. The van der Waals surface area contributed by atoms with E-state index in [2.05, 4.69) is 15.6 Å². The van der Waals surface area contributed by atoms with Gasteiger partial charge in [0, 0.05) is 12.1 Å². The van der Waals surface area contributed by atoms with Crippen molar-refractivity contribution in [3.05, 3.63) is 11.9 Å². The first-order valence-corrected chi connectivity index (χ1v) is 8.16. The van der Waals surface area contributed by atoms with E-state index >= 15 is 0 Å². The summed E-state index contributed by atoms with van der Waals surface area (Å²) < 4.78 is 1.53. The van der Waals surface area contributed by atoms with Crippen molar-refractivity contribution in [2.24, 2.45) is 11.7 Å². The molecule has 0 radical (unpaired) electrons. The Morgan fingerprint density at radius 3 is 2.86 bits per heavy atom. The van der Waals surface area contributed by atoms with Crippen LogP contribution in [0.2, 0.25) is 0 Å². The smallest absolute Gasteiger partial charge is 0.163 e. The molecule has 1 unspecified atom stereocenters. The van der Waals surface area contributed by atoms with E-state index < -0.39 is 12.1 Å². The van der Waals surface area contributed by atoms with Crippen LogP contribution < -0.4 is 11.1 Å². The Morgan fingerprint density at radius 1 is 1.50 bits per heavy atom. The van der Waals surface area contributed by atoms with Gasteiger partial charge in [0.1, 0.15) is 6.04 Å². The molecule has 2 atom stereocenters. The second-order valence-corrected chi connectivity index (χ2v) is 6.05. The number of aromatic nitrogens is 3. The first-order valence-electron chi connectivity index (χ1n) is 8.16. The summed E-state index contributed by atoms with van der Waals surface area (Å²) in [5.41, 5.74) is 6.33. The van der Waals surface area contributed by atoms with Gasteiger partial charge in [-0.3, -0.25) is 4.79 Å². The summed E-state index contributed by atoms with van der Waals surface area (Å²) >= 11 is 0. The fourth-order valence-electron chi connectivity index (χ4n) is 2.95. The maximum atomic E-state index is 12.7. The van der Waals surface area contributed by atoms with Crippen molar-refractivity contribution in [1.82, 2.24) is 20.3 Å². The predicted molar refractivity (Wildman–Crippen MR) is 83.3 cm³/mol. The molecule has 1 aromatic heterocycles. The fraction of sp³-hybridized carbons (Fsp3) is 0.800. The standard InChI is InChI=1S/C15H27N5O2/c1-11(21)14(15(22)12-5-8-17-9-6-12)20-10-13(18-19-20)4-2-3-7-16/h10-12,14,17,21H,2-9,16H2,1H3/t11?,14-/m0/s1. The van der Waals surface area contributed by atoms with Crippen LogP contribution in [0.15, 0.2) is 6.20 Å². The van der Waals surface area contributed by atoms with Gasteiger partial charge in [-0.2, -0.15) is 0 Å². The highest BCUT2D eigenvalue weighted by Crippen LogP contribution is 2.23. The summed E-state index contributed by atoms with van der Waals surface area (Å²) in [7, 11) is 0. The van der Waals surface area contributed by atoms with Crippen molar-refractivity contribution in [2.45, 2.75) is 51.2 Å². The van der Waals surface area contributed by atoms with Gasteiger partial charge in [-0.05, 0) is 58.7 Å². The predicted octanol–water partition coefficient (Wildman–Crippen LogP) is 0.0501. The van der Waals surface area contributed by atoms with Gasteiger partial charge in [0.15, 0.2) is 5.78 Å². The molecule has 1 aliphatic rings. The highest BCUT2D eigenvalue weighted by Gasteiger charge is 2.33. The molecule has 1 fully saturated rings. The van der Waals surface area contributed by atoms with Gasteiger partial charge in [-0.25, -0.2) is 4.68 Å². The van der Waals surface area contributed by atoms with Gasteiger partial charge in [0.25, 0.3) is 0 Å². The van der Waals surface area contributed by atoms with E-state index in [1.165, 1.54) is 4.68 Å². The number of Topliss-reactive ketones (excluding diaryl/α,β-unsaturated/α-hetero) is 1. The van der Waals surface area contributed by atoms with Gasteiger partial charge in [-0.1, -0.05) is 5.21 Å². The molecule has 22 heavy (non-hydrogen) atoms. The minimum Gasteiger partial charge on any atom is -0.391 e. The maximum absolute atomic E-state index is 12.7. The van der Waals surface area contributed by atoms with E-state index in [0.717, 1.165) is 50.9 Å². The zero-order valence-corrected chi connectivity index (χ0v) is 13.2. The fourth-order valence-corrected chi connectivity index (χ4v) is 2.95. The first kappa shape index (κ1) is 17.1. The number of aryl methyl sites for hydroxylation is 1. The number of carbonyl (C=O) groups is 1. The Morgan fingerprint density at radius 2 is 2.23 bits per heavy atom. The van der Waals surface area contributed by atoms with Crippen LogP contribution in [0.5, 0.6) is 0 Å². The quantitative estimate of drug-likeness (QED) is 0.586. The summed E-state index contributed by atoms with van der Waals surface area (Å²) in [5, 5.41) is 21.5. The maximum Gasteiger partial charge on any atom is 0.163 e. The lowest BCUT2D eigenvalue weighted by molar-refractivity contribution is -0.130. The van der Waals surface area contributed by atoms with E-state index in [0.29, 0.717) is 6.54 Å². The molecular formula is C15H27N5O2. The van der Waals surface area contributed by atoms with Crippen LogP contribution in [0.3, 0.4) is 0 Å². The number of hydrogen-bond donors (Lipinski definition) is 3. The summed E-state index contributed by atoms with van der Waals surface area (Å²) in [5.74, 6) is 0.0562. The molecule has 1 saturated heterocycles. The molecule has 0 aliphatic carbocycles. The molecule has 2 heterocycles. The van der Waals surface area contributed by atoms with E-state index in [9.17, 15) is 9.90 Å². The molecule has 2 rings (SSSR count). The van der Waals surface area contributed by atoms with Crippen molar-refractivity contribution in [1.29, 1.82) is 0 Å². The Bertz CT molecular complexity index is 468. The average Bonchev–Trinajstić information content (AvgIpc) is 2.96. The van der Waals surface area contributed by atoms with E-state index in [-0.39, 0.29) is 11.7 Å². The Labute approximate surface area is 131 Å². The Kier molecular flexibility index (Phi) is 6.48. The number of aliphatic hydroxyl groups excluding tert-OH is 1. The van der Waals surface area contributed by atoms with Crippen LogP contribution in [-0.4, -0.2) is 51.6 Å². The number of nitrogens with two attached hydrogens (primary N) is 1. The second-order valence-electron chi connectivity index (χ2n) is 6.05. The van der Waals surface area contributed by atoms with Crippen LogP contribution in [-0.2, 0) is 11.2 Å². The van der Waals surface area contributed by atoms with Crippen molar-refractivity contribution < 1.29 is 9.90 Å². The van der Waals surface area contributed by atoms with Crippen molar-refractivity contribution in [3.8, 4) is 0 Å². The Hall–Kier alpha value is -1.31. The molecular weight excluding hydrogens is 282 g/mol. The molecule has 0 bridgehead atoms. The third-order valence-electron chi connectivity index (χ3n) is 4.22. The zero-order chi connectivity index (χ0) is 15.9. The highest BCUT2D eigenvalue weighted by atomic mass is 16.3. The van der Waals surface area contributed by atoms with Gasteiger partial charge in [0.2, 0.25) is 0 Å². The molecule has 4 N–H and O–H groups in total. The third kappa shape index (κ3) is 4.34. The van der Waals surface area contributed by atoms with Crippen LogP contribution in [0.4, 0.5) is 0 Å². The van der Waals surface area contributed by atoms with Crippen LogP contribution in [0.1, 0.15) is 44.3 Å². The van der Waals surface area contributed by atoms with E-state index in [1.807, 2.05) is 0 Å². The average molecular weight is 309 g/mol. The minimum atomic E-state index is -0.777. The van der Waals surface area contributed by atoms with Crippen molar-refractivity contribution >= 4 is 5.78 Å². The number of aliphatic hydroxyl groups is 1. The van der Waals surface area contributed by atoms with E-state index in [1.54, 1.807) is 13.1 Å². The molecule has 0 amide bonds. The minimum absolute atomic E-state index is 0.00857. The van der Waals surface area contributed by atoms with Gasteiger partial charge < -0.3 is 16.2 Å². The third-order valence-corrected chi connectivity index (χ3v) is 4.22. The van der Waals surface area contributed by atoms with Crippen molar-refractivity contribution in [2.75, 3.05) is 19.6 Å². The van der Waals surface area contributed by atoms with Crippen LogP contribution >= 0.6 is 0 Å². The van der Waals surface area contributed by atoms with Crippen LogP contribution in [0, 0.1) is 5.92 Å². The van der Waals surface area contributed by atoms with Gasteiger partial charge in [0.05, 0.1) is 11.8 Å². The molecule has 1 aromatic rings. The second kappa shape index (κ2) is 8.36. The molecule has 7 heteroatoms. The number of piperidine rings is 1. The number of nitrogens with one attached hydrogen (secondary N) is 1. The summed E-state index contributed by atoms with van der Waals surface area (Å²) in [4.78, 5) is 12.7. The number of ketones is 1. The molecule has 124 valence electrons. The van der Waals surface area contributed by atoms with E-state index in [4.69, 9.17) is 5.73 Å². The SMILES string of the molecule is CC(O)[C@@H](C(=O)C1CCNCC1)n1cc(CCCCN)nn1. The van der Waals surface area contributed by atoms with Gasteiger partial charge in [-0.15, -0.1) is 5.10 Å². The summed E-state index contributed by atoms with van der Waals surface area (Å²) in [6.45, 7) is 4.01. The molecule has 0 spiro atoms. The molecule has 1 aliphatic heterocycles. The van der Waals surface area contributed by atoms with Crippen molar-refractivity contribution in [3.63, 3.8) is 0 Å². The number of rotatable bonds is 8. The molecule has 0 saturated carbocycles. The number of unbranched alkanes of at least 4 members (excludes halogenated alkanes) is 1. The lowest BCUT2D eigenvalue weighted by atomic mass is 9.88. The lowest BCUT2D eigenvalue weighted by Gasteiger charge is -2.27. The highest BCUT2D eigenvalue weighted by molar-refractivity contribution is 5.85. The largest absolute Gasteiger partial charge is 0.391 e.